The zero-order valence-electron chi connectivity index (χ0n) is 21.7. The van der Waals surface area contributed by atoms with Crippen molar-refractivity contribution in [3.05, 3.63) is 112 Å². The maximum Gasteiger partial charge on any atom is 0.269 e. The van der Waals surface area contributed by atoms with E-state index in [4.69, 9.17) is 14.7 Å². The molecule has 0 radical (unpaired) electrons. The molecule has 0 saturated carbocycles. The number of rotatable bonds is 8. The molecule has 0 atom stereocenters. The second kappa shape index (κ2) is 11.7. The Labute approximate surface area is 226 Å². The average Bonchev–Trinajstić information content (AvgIpc) is 2.98. The highest BCUT2D eigenvalue weighted by atomic mass is 16.6. The van der Waals surface area contributed by atoms with Crippen LogP contribution < -0.4 is 9.64 Å². The number of benzene rings is 3. The van der Waals surface area contributed by atoms with Gasteiger partial charge < -0.3 is 14.5 Å². The molecule has 5 rings (SSSR count). The first-order valence-electron chi connectivity index (χ1n) is 12.8. The molecule has 1 amide bonds. The van der Waals surface area contributed by atoms with Crippen LogP contribution in [0.4, 0.5) is 11.5 Å². The average molecular weight is 524 g/mol. The van der Waals surface area contributed by atoms with E-state index in [0.717, 1.165) is 28.2 Å². The van der Waals surface area contributed by atoms with E-state index < -0.39 is 4.92 Å². The number of carbonyl (C=O) groups is 1. The van der Waals surface area contributed by atoms with Crippen molar-refractivity contribution in [3.63, 3.8) is 0 Å². The third kappa shape index (κ3) is 6.20. The second-order valence-electron chi connectivity index (χ2n) is 9.37. The van der Waals surface area contributed by atoms with Gasteiger partial charge in [0.1, 0.15) is 11.6 Å². The van der Waals surface area contributed by atoms with Gasteiger partial charge >= 0.3 is 0 Å². The molecule has 1 fully saturated rings. The molecule has 1 aliphatic rings. The number of anilines is 1. The van der Waals surface area contributed by atoms with E-state index in [9.17, 15) is 14.9 Å². The molecular formula is C30H29N5O4. The van der Waals surface area contributed by atoms with Gasteiger partial charge in [-0.05, 0) is 24.6 Å². The lowest BCUT2D eigenvalue weighted by atomic mass is 10.0. The Morgan fingerprint density at radius 3 is 2.18 bits per heavy atom. The minimum absolute atomic E-state index is 0.000176. The van der Waals surface area contributed by atoms with Crippen LogP contribution in [0.1, 0.15) is 16.8 Å². The van der Waals surface area contributed by atoms with Gasteiger partial charge in [0, 0.05) is 61.6 Å². The molecule has 1 aliphatic heterocycles. The number of nitro benzene ring substituents is 1. The molecule has 1 aromatic heterocycles. The number of nitrogens with zero attached hydrogens (tertiary/aromatic N) is 5. The van der Waals surface area contributed by atoms with Crippen LogP contribution >= 0.6 is 0 Å². The van der Waals surface area contributed by atoms with Gasteiger partial charge in [-0.1, -0.05) is 60.7 Å². The fourth-order valence-electron chi connectivity index (χ4n) is 4.63. The minimum atomic E-state index is -0.399. The van der Waals surface area contributed by atoms with E-state index >= 15 is 0 Å². The van der Waals surface area contributed by atoms with Gasteiger partial charge in [0.25, 0.3) is 11.6 Å². The highest BCUT2D eigenvalue weighted by molar-refractivity contribution is 5.78. The lowest BCUT2D eigenvalue weighted by Crippen LogP contribution is -2.50. The number of para-hydroxylation sites is 1. The number of hydrogen-bond donors (Lipinski definition) is 0. The Morgan fingerprint density at radius 1 is 0.897 bits per heavy atom. The van der Waals surface area contributed by atoms with Crippen LogP contribution in [-0.4, -0.2) is 58.5 Å². The van der Waals surface area contributed by atoms with Crippen LogP contribution in [0.3, 0.4) is 0 Å². The van der Waals surface area contributed by atoms with Crippen LogP contribution in [0.15, 0.2) is 84.9 Å². The SMILES string of the molecule is Cc1nc(-c2ccccc2)nc(N2CCN(C(=O)COc3ccccc3)CC2)c1Cc1ccc([N+](=O)[O-])cc1. The fraction of sp³-hybridized carbons (Fsp3) is 0.233. The van der Waals surface area contributed by atoms with Crippen molar-refractivity contribution in [2.24, 2.45) is 0 Å². The maximum absolute atomic E-state index is 12.8. The number of aryl methyl sites for hydroxylation is 1. The van der Waals surface area contributed by atoms with Crippen LogP contribution in [0.5, 0.6) is 5.75 Å². The molecule has 9 nitrogen and oxygen atoms in total. The standard InChI is InChI=1S/C30H29N5O4/c1-22-27(20-23-12-14-25(15-13-23)35(37)38)30(32-29(31-22)24-8-4-2-5-9-24)34-18-16-33(17-19-34)28(36)21-39-26-10-6-3-7-11-26/h2-15H,16-21H2,1H3. The predicted molar refractivity (Wildman–Crippen MR) is 149 cm³/mol. The lowest BCUT2D eigenvalue weighted by molar-refractivity contribution is -0.384. The van der Waals surface area contributed by atoms with Crippen molar-refractivity contribution in [2.75, 3.05) is 37.7 Å². The van der Waals surface area contributed by atoms with Crippen molar-refractivity contribution in [1.29, 1.82) is 0 Å². The third-order valence-electron chi connectivity index (χ3n) is 6.79. The van der Waals surface area contributed by atoms with E-state index in [0.29, 0.717) is 44.2 Å². The molecule has 0 bridgehead atoms. The number of non-ortho nitro benzene ring substituents is 1. The quantitative estimate of drug-likeness (QED) is 0.244. The zero-order chi connectivity index (χ0) is 27.2. The Balaban J connectivity index is 1.36. The summed E-state index contributed by atoms with van der Waals surface area (Å²) in [5, 5.41) is 11.1. The third-order valence-corrected chi connectivity index (χ3v) is 6.79. The smallest absolute Gasteiger partial charge is 0.269 e. The summed E-state index contributed by atoms with van der Waals surface area (Å²) in [5.41, 5.74) is 3.74. The molecule has 0 aliphatic carbocycles. The van der Waals surface area contributed by atoms with Crippen molar-refractivity contribution in [3.8, 4) is 17.1 Å². The fourth-order valence-corrected chi connectivity index (χ4v) is 4.63. The van der Waals surface area contributed by atoms with Crippen molar-refractivity contribution < 1.29 is 14.5 Å². The molecule has 2 heterocycles. The highest BCUT2D eigenvalue weighted by Gasteiger charge is 2.26. The first kappa shape index (κ1) is 25.8. The summed E-state index contributed by atoms with van der Waals surface area (Å²) >= 11 is 0. The Hall–Kier alpha value is -4.79. The van der Waals surface area contributed by atoms with Gasteiger partial charge in [-0.25, -0.2) is 9.97 Å². The van der Waals surface area contributed by atoms with E-state index in [-0.39, 0.29) is 18.2 Å². The van der Waals surface area contributed by atoms with Crippen molar-refractivity contribution in [2.45, 2.75) is 13.3 Å². The Kier molecular flexibility index (Phi) is 7.77. The zero-order valence-corrected chi connectivity index (χ0v) is 21.7. The van der Waals surface area contributed by atoms with Gasteiger partial charge in [-0.3, -0.25) is 14.9 Å². The number of amides is 1. The second-order valence-corrected chi connectivity index (χ2v) is 9.37. The van der Waals surface area contributed by atoms with Crippen molar-refractivity contribution >= 4 is 17.4 Å². The monoisotopic (exact) mass is 523 g/mol. The molecule has 3 aromatic carbocycles. The first-order valence-corrected chi connectivity index (χ1v) is 12.8. The summed E-state index contributed by atoms with van der Waals surface area (Å²) in [6.07, 6.45) is 0.540. The molecule has 0 spiro atoms. The largest absolute Gasteiger partial charge is 0.484 e. The first-order chi connectivity index (χ1) is 19.0. The van der Waals surface area contributed by atoms with E-state index in [2.05, 4.69) is 4.90 Å². The van der Waals surface area contributed by atoms with E-state index in [1.165, 1.54) is 12.1 Å². The predicted octanol–water partition coefficient (Wildman–Crippen LogP) is 4.68. The summed E-state index contributed by atoms with van der Waals surface area (Å²) in [6.45, 7) is 4.32. The van der Waals surface area contributed by atoms with Gasteiger partial charge in [-0.2, -0.15) is 0 Å². The number of piperazine rings is 1. The summed E-state index contributed by atoms with van der Waals surface area (Å²) in [5.74, 6) is 2.09. The van der Waals surface area contributed by atoms with E-state index in [1.807, 2.05) is 72.5 Å². The number of ether oxygens (including phenoxy) is 1. The Morgan fingerprint density at radius 2 is 1.54 bits per heavy atom. The summed E-state index contributed by atoms with van der Waals surface area (Å²) in [6, 6.07) is 25.7. The summed E-state index contributed by atoms with van der Waals surface area (Å²) in [4.78, 5) is 37.3. The number of carbonyl (C=O) groups excluding carboxylic acids is 1. The summed E-state index contributed by atoms with van der Waals surface area (Å²) in [7, 11) is 0. The summed E-state index contributed by atoms with van der Waals surface area (Å²) < 4.78 is 5.65. The van der Waals surface area contributed by atoms with Gasteiger partial charge in [0.15, 0.2) is 12.4 Å². The topological polar surface area (TPSA) is 102 Å². The van der Waals surface area contributed by atoms with Crippen LogP contribution in [0.25, 0.3) is 11.4 Å². The maximum atomic E-state index is 12.8. The number of hydrogen-bond acceptors (Lipinski definition) is 7. The Bertz CT molecular complexity index is 1440. The molecule has 9 heteroatoms. The van der Waals surface area contributed by atoms with Crippen LogP contribution in [-0.2, 0) is 11.2 Å². The minimum Gasteiger partial charge on any atom is -0.484 e. The van der Waals surface area contributed by atoms with Gasteiger partial charge in [-0.15, -0.1) is 0 Å². The molecule has 4 aromatic rings. The molecule has 0 unspecified atom stereocenters. The normalized spacial score (nSPS) is 13.3. The van der Waals surface area contributed by atoms with Crippen LogP contribution in [0, 0.1) is 17.0 Å². The lowest BCUT2D eigenvalue weighted by Gasteiger charge is -2.36. The molecule has 0 N–H and O–H groups in total. The molecule has 1 saturated heterocycles. The molecule has 198 valence electrons. The molecular weight excluding hydrogens is 494 g/mol. The van der Waals surface area contributed by atoms with Crippen molar-refractivity contribution in [1.82, 2.24) is 14.9 Å². The van der Waals surface area contributed by atoms with Crippen LogP contribution in [0.2, 0.25) is 0 Å². The number of aromatic nitrogens is 2. The number of nitro groups is 1. The van der Waals surface area contributed by atoms with E-state index in [1.54, 1.807) is 12.1 Å². The highest BCUT2D eigenvalue weighted by Crippen LogP contribution is 2.29. The van der Waals surface area contributed by atoms with Gasteiger partial charge in [0.2, 0.25) is 0 Å². The molecule has 39 heavy (non-hydrogen) atoms. The van der Waals surface area contributed by atoms with Gasteiger partial charge in [0.05, 0.1) is 4.92 Å².